The second-order valence-corrected chi connectivity index (χ2v) is 23.8. The lowest BCUT2D eigenvalue weighted by molar-refractivity contribution is 0.668. The van der Waals surface area contributed by atoms with Gasteiger partial charge in [-0.1, -0.05) is 243 Å². The van der Waals surface area contributed by atoms with E-state index in [2.05, 4.69) is 319 Å². The minimum atomic E-state index is -0.692. The molecule has 0 aliphatic heterocycles. The van der Waals surface area contributed by atoms with Crippen LogP contribution in [0.4, 0.5) is 34.1 Å². The van der Waals surface area contributed by atoms with Gasteiger partial charge in [-0.15, -0.1) is 0 Å². The van der Waals surface area contributed by atoms with Crippen molar-refractivity contribution in [3.05, 3.63) is 338 Å². The normalized spacial score (nSPS) is 12.8. The Morgan fingerprint density at radius 3 is 1.25 bits per heavy atom. The third kappa shape index (κ3) is 7.17. The van der Waals surface area contributed by atoms with Gasteiger partial charge in [-0.05, 0) is 172 Å². The Labute approximate surface area is 513 Å². The summed E-state index contributed by atoms with van der Waals surface area (Å²) in [4.78, 5) is 4.78. The molecule has 89 heavy (non-hydrogen) atoms. The van der Waals surface area contributed by atoms with Crippen LogP contribution < -0.4 is 9.80 Å². The van der Waals surface area contributed by atoms with E-state index in [4.69, 9.17) is 8.83 Å². The van der Waals surface area contributed by atoms with E-state index < -0.39 is 5.41 Å². The van der Waals surface area contributed by atoms with Gasteiger partial charge in [-0.25, -0.2) is 0 Å². The van der Waals surface area contributed by atoms with Crippen molar-refractivity contribution in [3.63, 3.8) is 0 Å². The van der Waals surface area contributed by atoms with Crippen LogP contribution in [0, 0.1) is 0 Å². The van der Waals surface area contributed by atoms with E-state index in [1.807, 2.05) is 6.07 Å². The fraction of sp³-hybridized carbons (Fsp3) is 0.0118. The van der Waals surface area contributed by atoms with Gasteiger partial charge in [-0.2, -0.15) is 0 Å². The van der Waals surface area contributed by atoms with Crippen molar-refractivity contribution in [2.45, 2.75) is 5.41 Å². The molecule has 2 aliphatic rings. The van der Waals surface area contributed by atoms with E-state index in [-0.39, 0.29) is 0 Å². The Morgan fingerprint density at radius 1 is 0.247 bits per heavy atom. The fourth-order valence-electron chi connectivity index (χ4n) is 15.5. The Balaban J connectivity index is 0.854. The Morgan fingerprint density at radius 2 is 0.685 bits per heavy atom. The fourth-order valence-corrected chi connectivity index (χ4v) is 15.5. The van der Waals surface area contributed by atoms with Crippen LogP contribution in [0.2, 0.25) is 0 Å². The smallest absolute Gasteiger partial charge is 0.159 e. The minimum Gasteiger partial charge on any atom is -0.454 e. The molecule has 2 aromatic heterocycles. The van der Waals surface area contributed by atoms with Gasteiger partial charge < -0.3 is 18.6 Å². The van der Waals surface area contributed by atoms with Gasteiger partial charge in [0.15, 0.2) is 11.2 Å². The average Bonchev–Trinajstić information content (AvgIpc) is 1.50. The predicted octanol–water partition coefficient (Wildman–Crippen LogP) is 23.6. The molecule has 0 unspecified atom stereocenters. The second kappa shape index (κ2) is 19.1. The molecule has 15 aromatic carbocycles. The van der Waals surface area contributed by atoms with Crippen LogP contribution in [-0.4, -0.2) is 0 Å². The number of hydrogen-bond acceptors (Lipinski definition) is 4. The molecular formula is C85H52N2O2. The van der Waals surface area contributed by atoms with Gasteiger partial charge in [0.1, 0.15) is 11.2 Å². The first-order chi connectivity index (χ1) is 44.2. The lowest BCUT2D eigenvalue weighted by Crippen LogP contribution is -2.26. The quantitative estimate of drug-likeness (QED) is 0.142. The van der Waals surface area contributed by atoms with Crippen LogP contribution in [0.15, 0.2) is 324 Å². The molecule has 0 bridgehead atoms. The topological polar surface area (TPSA) is 32.8 Å². The third-order valence-electron chi connectivity index (χ3n) is 19.2. The molecule has 414 valence electrons. The van der Waals surface area contributed by atoms with Crippen molar-refractivity contribution in [3.8, 4) is 44.5 Å². The third-order valence-corrected chi connectivity index (χ3v) is 19.2. The first-order valence-corrected chi connectivity index (χ1v) is 30.6. The van der Waals surface area contributed by atoms with E-state index in [0.29, 0.717) is 0 Å². The Kier molecular flexibility index (Phi) is 10.7. The lowest BCUT2D eigenvalue weighted by Gasteiger charge is -2.33. The molecular weight excluding hydrogens is 1080 g/mol. The number of benzene rings is 15. The van der Waals surface area contributed by atoms with Crippen molar-refractivity contribution in [1.82, 2.24) is 0 Å². The lowest BCUT2D eigenvalue weighted by atomic mass is 9.68. The van der Waals surface area contributed by atoms with E-state index in [9.17, 15) is 0 Å². The number of nitrogens with zero attached hydrogens (tertiary/aromatic N) is 2. The SMILES string of the molecule is c1ccc(-c2ccc(N(c3ccc4c5c(ccc4c3)-c3c(c4ccc(N(c6ccc(-c7ccccc7)cc6)c6cccc7c6oc6ccccc67)cc4c4ccccc34)C53c4ccccc4-c4ccccc43)c3cccc4c3oc3ccccc34)cc2)cc1. The van der Waals surface area contributed by atoms with Crippen molar-refractivity contribution >= 4 is 110 Å². The molecule has 0 N–H and O–H groups in total. The van der Waals surface area contributed by atoms with Crippen LogP contribution in [-0.2, 0) is 5.41 Å². The van der Waals surface area contributed by atoms with Gasteiger partial charge in [0, 0.05) is 44.3 Å². The number of hydrogen-bond donors (Lipinski definition) is 0. The molecule has 0 saturated carbocycles. The van der Waals surface area contributed by atoms with Crippen LogP contribution in [0.3, 0.4) is 0 Å². The maximum Gasteiger partial charge on any atom is 0.159 e. The predicted molar refractivity (Wildman–Crippen MR) is 370 cm³/mol. The van der Waals surface area contributed by atoms with Crippen molar-refractivity contribution in [2.24, 2.45) is 0 Å². The second-order valence-electron chi connectivity index (χ2n) is 23.8. The van der Waals surface area contributed by atoms with Crippen molar-refractivity contribution in [2.75, 3.05) is 9.80 Å². The first kappa shape index (κ1) is 49.5. The Hall–Kier alpha value is -11.7. The molecule has 4 nitrogen and oxygen atoms in total. The largest absolute Gasteiger partial charge is 0.454 e. The molecule has 1 spiro atoms. The van der Waals surface area contributed by atoms with E-state index in [0.717, 1.165) is 94.5 Å². The highest BCUT2D eigenvalue weighted by Crippen LogP contribution is 2.67. The molecule has 0 amide bonds. The van der Waals surface area contributed by atoms with E-state index >= 15 is 0 Å². The molecule has 2 heterocycles. The number of furan rings is 2. The number of fused-ring (bicyclic) bond motifs is 23. The summed E-state index contributed by atoms with van der Waals surface area (Å²) in [6, 6.07) is 116. The monoisotopic (exact) mass is 1130 g/mol. The van der Waals surface area contributed by atoms with Gasteiger partial charge in [-0.3, -0.25) is 0 Å². The first-order valence-electron chi connectivity index (χ1n) is 30.6. The molecule has 0 atom stereocenters. The number of para-hydroxylation sites is 4. The molecule has 0 radical (unpaired) electrons. The van der Waals surface area contributed by atoms with Gasteiger partial charge >= 0.3 is 0 Å². The minimum absolute atomic E-state index is 0.692. The van der Waals surface area contributed by atoms with E-state index in [1.165, 1.54) is 82.6 Å². The Bertz CT molecular complexity index is 5700. The summed E-state index contributed by atoms with van der Waals surface area (Å²) in [5.41, 5.74) is 23.8. The van der Waals surface area contributed by atoms with Crippen LogP contribution in [0.5, 0.6) is 0 Å². The zero-order chi connectivity index (χ0) is 58.3. The van der Waals surface area contributed by atoms with Crippen LogP contribution in [0.1, 0.15) is 22.3 Å². The summed E-state index contributed by atoms with van der Waals surface area (Å²) in [6.45, 7) is 0. The molecule has 19 rings (SSSR count). The molecule has 4 heteroatoms. The van der Waals surface area contributed by atoms with Crippen LogP contribution in [0.25, 0.3) is 121 Å². The zero-order valence-electron chi connectivity index (χ0n) is 48.2. The van der Waals surface area contributed by atoms with E-state index in [1.54, 1.807) is 0 Å². The summed E-state index contributed by atoms with van der Waals surface area (Å²) in [6.07, 6.45) is 0. The van der Waals surface area contributed by atoms with Crippen molar-refractivity contribution in [1.29, 1.82) is 0 Å². The molecule has 0 fully saturated rings. The zero-order valence-corrected chi connectivity index (χ0v) is 48.2. The van der Waals surface area contributed by atoms with Gasteiger partial charge in [0.25, 0.3) is 0 Å². The number of anilines is 6. The summed E-state index contributed by atoms with van der Waals surface area (Å²) in [5.74, 6) is 0. The van der Waals surface area contributed by atoms with Gasteiger partial charge in [0.05, 0.1) is 16.8 Å². The highest BCUT2D eigenvalue weighted by Gasteiger charge is 2.54. The summed E-state index contributed by atoms with van der Waals surface area (Å²) < 4.78 is 13.7. The van der Waals surface area contributed by atoms with Crippen LogP contribution >= 0.6 is 0 Å². The highest BCUT2D eigenvalue weighted by atomic mass is 16.3. The summed E-state index contributed by atoms with van der Waals surface area (Å²) in [7, 11) is 0. The highest BCUT2D eigenvalue weighted by molar-refractivity contribution is 6.23. The van der Waals surface area contributed by atoms with Gasteiger partial charge in [0.2, 0.25) is 0 Å². The molecule has 2 aliphatic carbocycles. The molecule has 17 aromatic rings. The number of rotatable bonds is 8. The molecule has 0 saturated heterocycles. The van der Waals surface area contributed by atoms with Crippen molar-refractivity contribution < 1.29 is 8.83 Å². The standard InChI is InChI=1S/C85H52N2O2/c1-3-19-53(20-4-1)55-37-42-58(43-38-55)86(76-33-17-29-70-66-26-11-15-35-78(66)88-83(70)76)60-46-49-62-57(51-60)41-48-72-80-68-28-8-7-23-63(68)73-52-61(47-50-69(73)82(80)85(81(62)72)74-31-13-9-24-64(74)65-25-10-14-32-75(65)85)87(59-44-39-56(40-45-59)54-21-5-2-6-22-54)77-34-18-30-71-67-27-12-16-36-79(67)89-84(71)77/h1-52H. The summed E-state index contributed by atoms with van der Waals surface area (Å²) in [5, 5.41) is 11.6. The maximum atomic E-state index is 6.88. The maximum absolute atomic E-state index is 6.88. The average molecular weight is 1130 g/mol. The summed E-state index contributed by atoms with van der Waals surface area (Å²) >= 11 is 0.